The molecule has 1 saturated heterocycles. The number of amides is 1. The summed E-state index contributed by atoms with van der Waals surface area (Å²) in [5.41, 5.74) is 0. The first-order valence-electron chi connectivity index (χ1n) is 6.32. The molecule has 1 heterocycles. The number of aliphatic hydroxyl groups is 1. The average Bonchev–Trinajstić information content (AvgIpc) is 2.67. The van der Waals surface area contributed by atoms with Crippen molar-refractivity contribution in [2.75, 3.05) is 32.8 Å². The standard InChI is InChI=1S/C12H24N2O3/c1-9(2)8-17-4-3-12(16)14-6-10-5-13-7-11(10)15/h9-11,13,15H,3-8H2,1-2H3,(H,14,16). The largest absolute Gasteiger partial charge is 0.391 e. The van der Waals surface area contributed by atoms with E-state index in [0.29, 0.717) is 38.6 Å². The third kappa shape index (κ3) is 6.00. The predicted octanol–water partition coefficient (Wildman–Crippen LogP) is -0.254. The van der Waals surface area contributed by atoms with Crippen LogP contribution >= 0.6 is 0 Å². The number of hydrogen-bond acceptors (Lipinski definition) is 4. The van der Waals surface area contributed by atoms with E-state index in [0.717, 1.165) is 6.54 Å². The summed E-state index contributed by atoms with van der Waals surface area (Å²) in [5, 5.41) is 15.4. The minimum absolute atomic E-state index is 0.00661. The summed E-state index contributed by atoms with van der Waals surface area (Å²) in [7, 11) is 0. The number of rotatable bonds is 7. The number of carbonyl (C=O) groups excluding carboxylic acids is 1. The molecule has 1 aliphatic rings. The van der Waals surface area contributed by atoms with Crippen molar-refractivity contribution in [3.63, 3.8) is 0 Å². The van der Waals surface area contributed by atoms with Gasteiger partial charge < -0.3 is 20.5 Å². The van der Waals surface area contributed by atoms with Gasteiger partial charge in [-0.1, -0.05) is 13.8 Å². The van der Waals surface area contributed by atoms with Crippen molar-refractivity contribution in [2.45, 2.75) is 26.4 Å². The van der Waals surface area contributed by atoms with Crippen molar-refractivity contribution in [1.82, 2.24) is 10.6 Å². The van der Waals surface area contributed by atoms with Crippen LogP contribution in [0.25, 0.3) is 0 Å². The molecule has 0 spiro atoms. The minimum atomic E-state index is -0.340. The SMILES string of the molecule is CC(C)COCCC(=O)NCC1CNCC1O. The van der Waals surface area contributed by atoms with E-state index < -0.39 is 0 Å². The Kier molecular flexibility index (Phi) is 6.47. The van der Waals surface area contributed by atoms with Crippen LogP contribution in [0.4, 0.5) is 0 Å². The first-order valence-corrected chi connectivity index (χ1v) is 6.32. The van der Waals surface area contributed by atoms with Gasteiger partial charge in [-0.15, -0.1) is 0 Å². The summed E-state index contributed by atoms with van der Waals surface area (Å²) < 4.78 is 5.34. The molecule has 100 valence electrons. The van der Waals surface area contributed by atoms with Crippen LogP contribution in [0.5, 0.6) is 0 Å². The maximum atomic E-state index is 11.5. The van der Waals surface area contributed by atoms with Crippen molar-refractivity contribution >= 4 is 5.91 Å². The molecule has 17 heavy (non-hydrogen) atoms. The van der Waals surface area contributed by atoms with Gasteiger partial charge in [-0.25, -0.2) is 0 Å². The number of hydrogen-bond donors (Lipinski definition) is 3. The molecular weight excluding hydrogens is 220 g/mol. The number of ether oxygens (including phenoxy) is 1. The van der Waals surface area contributed by atoms with Gasteiger partial charge in [0.2, 0.25) is 5.91 Å². The molecule has 0 radical (unpaired) electrons. The number of carbonyl (C=O) groups is 1. The van der Waals surface area contributed by atoms with Gasteiger partial charge in [-0.3, -0.25) is 4.79 Å². The zero-order chi connectivity index (χ0) is 12.7. The van der Waals surface area contributed by atoms with Crippen LogP contribution in [0, 0.1) is 11.8 Å². The lowest BCUT2D eigenvalue weighted by atomic mass is 10.1. The molecule has 0 bridgehead atoms. The van der Waals surface area contributed by atoms with E-state index >= 15 is 0 Å². The highest BCUT2D eigenvalue weighted by Crippen LogP contribution is 2.06. The Labute approximate surface area is 103 Å². The predicted molar refractivity (Wildman–Crippen MR) is 65.7 cm³/mol. The summed E-state index contributed by atoms with van der Waals surface area (Å²) in [6, 6.07) is 0. The van der Waals surface area contributed by atoms with Crippen LogP contribution in [0.2, 0.25) is 0 Å². The third-order valence-corrected chi connectivity index (χ3v) is 2.79. The van der Waals surface area contributed by atoms with Crippen LogP contribution in [0.1, 0.15) is 20.3 Å². The molecule has 1 fully saturated rings. The average molecular weight is 244 g/mol. The second-order valence-electron chi connectivity index (χ2n) is 5.01. The van der Waals surface area contributed by atoms with Crippen molar-refractivity contribution in [3.8, 4) is 0 Å². The maximum Gasteiger partial charge on any atom is 0.222 e. The van der Waals surface area contributed by atoms with E-state index in [1.165, 1.54) is 0 Å². The quantitative estimate of drug-likeness (QED) is 0.540. The molecule has 0 saturated carbocycles. The van der Waals surface area contributed by atoms with Gasteiger partial charge in [0, 0.05) is 38.6 Å². The van der Waals surface area contributed by atoms with Crippen molar-refractivity contribution in [2.24, 2.45) is 11.8 Å². The van der Waals surface area contributed by atoms with Crippen LogP contribution in [0.15, 0.2) is 0 Å². The zero-order valence-electron chi connectivity index (χ0n) is 10.7. The fourth-order valence-corrected chi connectivity index (χ4v) is 1.74. The number of β-amino-alcohol motifs (C(OH)–C–C–N with tert-alkyl or cyclic N) is 1. The fourth-order valence-electron chi connectivity index (χ4n) is 1.74. The Morgan fingerprint density at radius 2 is 2.29 bits per heavy atom. The van der Waals surface area contributed by atoms with E-state index in [9.17, 15) is 9.90 Å². The smallest absolute Gasteiger partial charge is 0.222 e. The Morgan fingerprint density at radius 1 is 1.53 bits per heavy atom. The summed E-state index contributed by atoms with van der Waals surface area (Å²) in [5.74, 6) is 0.626. The minimum Gasteiger partial charge on any atom is -0.391 e. The number of aliphatic hydroxyl groups excluding tert-OH is 1. The first kappa shape index (κ1) is 14.4. The molecule has 2 atom stereocenters. The second kappa shape index (κ2) is 7.63. The first-order chi connectivity index (χ1) is 8.09. The highest BCUT2D eigenvalue weighted by atomic mass is 16.5. The number of nitrogens with one attached hydrogen (secondary N) is 2. The Bertz CT molecular complexity index is 234. The molecule has 0 aromatic rings. The van der Waals surface area contributed by atoms with Crippen LogP contribution in [-0.2, 0) is 9.53 Å². The van der Waals surface area contributed by atoms with Crippen molar-refractivity contribution < 1.29 is 14.6 Å². The molecule has 0 aromatic heterocycles. The van der Waals surface area contributed by atoms with E-state index in [4.69, 9.17) is 4.74 Å². The van der Waals surface area contributed by atoms with E-state index in [1.54, 1.807) is 0 Å². The molecule has 5 heteroatoms. The summed E-state index contributed by atoms with van der Waals surface area (Å²) >= 11 is 0. The highest BCUT2D eigenvalue weighted by Gasteiger charge is 2.24. The molecular formula is C12H24N2O3. The van der Waals surface area contributed by atoms with Crippen molar-refractivity contribution in [3.05, 3.63) is 0 Å². The molecule has 3 N–H and O–H groups in total. The van der Waals surface area contributed by atoms with Crippen LogP contribution in [0.3, 0.4) is 0 Å². The molecule has 5 nitrogen and oxygen atoms in total. The van der Waals surface area contributed by atoms with Gasteiger partial charge >= 0.3 is 0 Å². The Balaban J connectivity index is 2.01. The van der Waals surface area contributed by atoms with Gasteiger partial charge in [-0.2, -0.15) is 0 Å². The van der Waals surface area contributed by atoms with Crippen LogP contribution < -0.4 is 10.6 Å². The van der Waals surface area contributed by atoms with Crippen LogP contribution in [-0.4, -0.2) is 50.0 Å². The fraction of sp³-hybridized carbons (Fsp3) is 0.917. The summed E-state index contributed by atoms with van der Waals surface area (Å²) in [6.45, 7) is 7.25. The van der Waals surface area contributed by atoms with E-state index in [1.807, 2.05) is 0 Å². The topological polar surface area (TPSA) is 70.6 Å². The molecule has 1 amide bonds. The molecule has 0 aromatic carbocycles. The van der Waals surface area contributed by atoms with Crippen molar-refractivity contribution in [1.29, 1.82) is 0 Å². The van der Waals surface area contributed by atoms with Gasteiger partial charge in [0.25, 0.3) is 0 Å². The maximum absolute atomic E-state index is 11.5. The lowest BCUT2D eigenvalue weighted by molar-refractivity contribution is -0.122. The lowest BCUT2D eigenvalue weighted by Gasteiger charge is -2.14. The Morgan fingerprint density at radius 3 is 2.88 bits per heavy atom. The van der Waals surface area contributed by atoms with E-state index in [-0.39, 0.29) is 17.9 Å². The molecule has 0 aliphatic carbocycles. The molecule has 2 unspecified atom stereocenters. The third-order valence-electron chi connectivity index (χ3n) is 2.79. The van der Waals surface area contributed by atoms with Gasteiger partial charge in [0.05, 0.1) is 12.7 Å². The van der Waals surface area contributed by atoms with E-state index in [2.05, 4.69) is 24.5 Å². The molecule has 1 rings (SSSR count). The normalized spacial score (nSPS) is 24.2. The van der Waals surface area contributed by atoms with Gasteiger partial charge in [-0.05, 0) is 5.92 Å². The zero-order valence-corrected chi connectivity index (χ0v) is 10.7. The second-order valence-corrected chi connectivity index (χ2v) is 5.01. The highest BCUT2D eigenvalue weighted by molar-refractivity contribution is 5.75. The molecule has 1 aliphatic heterocycles. The lowest BCUT2D eigenvalue weighted by Crippen LogP contribution is -2.34. The monoisotopic (exact) mass is 244 g/mol. The van der Waals surface area contributed by atoms with Gasteiger partial charge in [0.1, 0.15) is 0 Å². The summed E-state index contributed by atoms with van der Waals surface area (Å²) in [4.78, 5) is 11.5. The van der Waals surface area contributed by atoms with Gasteiger partial charge in [0.15, 0.2) is 0 Å². The Hall–Kier alpha value is -0.650. The summed E-state index contributed by atoms with van der Waals surface area (Å²) in [6.07, 6.45) is 0.0515.